The summed E-state index contributed by atoms with van der Waals surface area (Å²) in [6.07, 6.45) is -0.712. The summed E-state index contributed by atoms with van der Waals surface area (Å²) < 4.78 is 5.16. The van der Waals surface area contributed by atoms with Crippen LogP contribution >= 0.6 is 24.0 Å². The van der Waals surface area contributed by atoms with Crippen molar-refractivity contribution in [2.24, 2.45) is 0 Å². The Morgan fingerprint density at radius 1 is 1.44 bits per heavy atom. The lowest BCUT2D eigenvalue weighted by molar-refractivity contribution is -0.156. The summed E-state index contributed by atoms with van der Waals surface area (Å²) in [5.74, 6) is -0.897. The van der Waals surface area contributed by atoms with E-state index in [0.717, 1.165) is 18.7 Å². The van der Waals surface area contributed by atoms with Gasteiger partial charge in [0.05, 0.1) is 6.61 Å². The largest absolute Gasteiger partial charge is 0.479 e. The van der Waals surface area contributed by atoms with Crippen molar-refractivity contribution < 1.29 is 14.6 Å². The van der Waals surface area contributed by atoms with Crippen molar-refractivity contribution in [3.63, 3.8) is 0 Å². The first-order valence-corrected chi connectivity index (χ1v) is 5.84. The number of halogens is 2. The van der Waals surface area contributed by atoms with Crippen LogP contribution < -0.4 is 0 Å². The van der Waals surface area contributed by atoms with Crippen molar-refractivity contribution in [2.75, 3.05) is 19.7 Å². The molecule has 1 N–H and O–H groups in total. The molecule has 6 heteroatoms. The van der Waals surface area contributed by atoms with Gasteiger partial charge in [-0.3, -0.25) is 4.90 Å². The van der Waals surface area contributed by atoms with Gasteiger partial charge in [0, 0.05) is 24.7 Å². The van der Waals surface area contributed by atoms with E-state index in [-0.39, 0.29) is 12.4 Å². The summed E-state index contributed by atoms with van der Waals surface area (Å²) in [7, 11) is 0. The second-order valence-electron chi connectivity index (χ2n) is 4.06. The quantitative estimate of drug-likeness (QED) is 0.926. The van der Waals surface area contributed by atoms with Crippen LogP contribution in [-0.4, -0.2) is 41.8 Å². The first-order chi connectivity index (χ1) is 8.15. The van der Waals surface area contributed by atoms with E-state index in [4.69, 9.17) is 21.4 Å². The summed E-state index contributed by atoms with van der Waals surface area (Å²) in [4.78, 5) is 12.9. The molecule has 1 fully saturated rings. The Morgan fingerprint density at radius 2 is 2.11 bits per heavy atom. The molecule has 1 heterocycles. The van der Waals surface area contributed by atoms with Gasteiger partial charge in [0.2, 0.25) is 0 Å². The van der Waals surface area contributed by atoms with Gasteiger partial charge in [-0.05, 0) is 17.7 Å². The number of carboxylic acids is 1. The molecule has 0 aliphatic carbocycles. The molecule has 0 radical (unpaired) electrons. The zero-order chi connectivity index (χ0) is 12.3. The average Bonchev–Trinajstić information content (AvgIpc) is 2.32. The zero-order valence-electron chi connectivity index (χ0n) is 9.71. The summed E-state index contributed by atoms with van der Waals surface area (Å²) >= 11 is 5.81. The molecule has 2 rings (SSSR count). The molecule has 4 nitrogen and oxygen atoms in total. The van der Waals surface area contributed by atoms with Gasteiger partial charge < -0.3 is 9.84 Å². The number of aliphatic carboxylic acids is 1. The maximum absolute atomic E-state index is 10.8. The highest BCUT2D eigenvalue weighted by atomic mass is 35.5. The Balaban J connectivity index is 0.00000162. The SMILES string of the molecule is Cl.O=C(O)C1CN(Cc2ccc(Cl)cc2)CCO1. The minimum Gasteiger partial charge on any atom is -0.479 e. The van der Waals surface area contributed by atoms with Crippen LogP contribution in [0.15, 0.2) is 24.3 Å². The maximum Gasteiger partial charge on any atom is 0.334 e. The lowest BCUT2D eigenvalue weighted by Gasteiger charge is -2.30. The van der Waals surface area contributed by atoms with E-state index in [0.29, 0.717) is 18.2 Å². The summed E-state index contributed by atoms with van der Waals surface area (Å²) in [5, 5.41) is 9.60. The standard InChI is InChI=1S/C12H14ClNO3.ClH/c13-10-3-1-9(2-4-10)7-14-5-6-17-11(8-14)12(15)16;/h1-4,11H,5-8H2,(H,15,16);1H. The molecule has 0 amide bonds. The van der Waals surface area contributed by atoms with E-state index >= 15 is 0 Å². The Hall–Kier alpha value is -0.810. The number of hydrogen-bond acceptors (Lipinski definition) is 3. The van der Waals surface area contributed by atoms with Gasteiger partial charge >= 0.3 is 5.97 Å². The average molecular weight is 292 g/mol. The van der Waals surface area contributed by atoms with Crippen LogP contribution in [0.1, 0.15) is 5.56 Å². The van der Waals surface area contributed by atoms with Crippen molar-refractivity contribution in [3.05, 3.63) is 34.9 Å². The number of carboxylic acid groups (broad SMARTS) is 1. The zero-order valence-corrected chi connectivity index (χ0v) is 11.3. The number of hydrogen-bond donors (Lipinski definition) is 1. The van der Waals surface area contributed by atoms with E-state index in [1.807, 2.05) is 24.3 Å². The van der Waals surface area contributed by atoms with Gasteiger partial charge in [-0.25, -0.2) is 4.79 Å². The van der Waals surface area contributed by atoms with Crippen LogP contribution in [0.4, 0.5) is 0 Å². The third-order valence-electron chi connectivity index (χ3n) is 2.75. The molecule has 0 spiro atoms. The highest BCUT2D eigenvalue weighted by Gasteiger charge is 2.25. The number of nitrogens with zero attached hydrogens (tertiary/aromatic N) is 1. The molecule has 1 atom stereocenters. The van der Waals surface area contributed by atoms with E-state index in [2.05, 4.69) is 4.90 Å². The van der Waals surface area contributed by atoms with Crippen molar-refractivity contribution in [1.29, 1.82) is 0 Å². The molecule has 1 aliphatic rings. The summed E-state index contributed by atoms with van der Waals surface area (Å²) in [6.45, 7) is 2.37. The van der Waals surface area contributed by atoms with Crippen molar-refractivity contribution >= 4 is 30.0 Å². The van der Waals surface area contributed by atoms with Gasteiger partial charge in [-0.2, -0.15) is 0 Å². The van der Waals surface area contributed by atoms with E-state index in [9.17, 15) is 4.79 Å². The second-order valence-corrected chi connectivity index (χ2v) is 4.50. The Morgan fingerprint density at radius 3 is 2.72 bits per heavy atom. The van der Waals surface area contributed by atoms with Gasteiger partial charge in [0.15, 0.2) is 6.10 Å². The predicted molar refractivity (Wildman–Crippen MR) is 71.4 cm³/mol. The maximum atomic E-state index is 10.8. The molecule has 1 aromatic carbocycles. The van der Waals surface area contributed by atoms with E-state index < -0.39 is 12.1 Å². The van der Waals surface area contributed by atoms with Crippen LogP contribution in [-0.2, 0) is 16.1 Å². The third kappa shape index (κ3) is 4.14. The van der Waals surface area contributed by atoms with Crippen molar-refractivity contribution in [3.8, 4) is 0 Å². The fourth-order valence-electron chi connectivity index (χ4n) is 1.84. The predicted octanol–water partition coefficient (Wildman–Crippen LogP) is 2.05. The first-order valence-electron chi connectivity index (χ1n) is 5.46. The number of morpholine rings is 1. The fourth-order valence-corrected chi connectivity index (χ4v) is 1.97. The molecule has 1 unspecified atom stereocenters. The lowest BCUT2D eigenvalue weighted by atomic mass is 10.2. The van der Waals surface area contributed by atoms with Crippen LogP contribution in [0, 0.1) is 0 Å². The Kier molecular flexibility index (Phi) is 5.88. The van der Waals surface area contributed by atoms with Crippen molar-refractivity contribution in [1.82, 2.24) is 4.90 Å². The Labute approximate surface area is 117 Å². The molecule has 1 aromatic rings. The molecular formula is C12H15Cl2NO3. The van der Waals surface area contributed by atoms with Gasteiger partial charge in [0.25, 0.3) is 0 Å². The first kappa shape index (κ1) is 15.2. The fraction of sp³-hybridized carbons (Fsp3) is 0.417. The monoisotopic (exact) mass is 291 g/mol. The van der Waals surface area contributed by atoms with Crippen LogP contribution in [0.5, 0.6) is 0 Å². The minimum atomic E-state index is -0.897. The van der Waals surface area contributed by atoms with Gasteiger partial charge in [-0.1, -0.05) is 23.7 Å². The second kappa shape index (κ2) is 6.95. The number of rotatable bonds is 3. The molecule has 0 saturated carbocycles. The summed E-state index contributed by atoms with van der Waals surface area (Å²) in [6, 6.07) is 7.58. The number of benzene rings is 1. The minimum absolute atomic E-state index is 0. The van der Waals surface area contributed by atoms with Crippen molar-refractivity contribution in [2.45, 2.75) is 12.6 Å². The van der Waals surface area contributed by atoms with E-state index in [1.165, 1.54) is 0 Å². The normalized spacial score (nSPS) is 20.2. The topological polar surface area (TPSA) is 49.8 Å². The number of ether oxygens (including phenoxy) is 1. The van der Waals surface area contributed by atoms with Gasteiger partial charge in [0.1, 0.15) is 0 Å². The van der Waals surface area contributed by atoms with Gasteiger partial charge in [-0.15, -0.1) is 12.4 Å². The molecule has 1 aliphatic heterocycles. The summed E-state index contributed by atoms with van der Waals surface area (Å²) in [5.41, 5.74) is 1.13. The lowest BCUT2D eigenvalue weighted by Crippen LogP contribution is -2.45. The van der Waals surface area contributed by atoms with Crippen LogP contribution in [0.3, 0.4) is 0 Å². The molecule has 100 valence electrons. The highest BCUT2D eigenvalue weighted by Crippen LogP contribution is 2.13. The Bertz CT molecular complexity index is 397. The molecule has 0 bridgehead atoms. The smallest absolute Gasteiger partial charge is 0.334 e. The third-order valence-corrected chi connectivity index (χ3v) is 3.00. The number of carbonyl (C=O) groups is 1. The van der Waals surface area contributed by atoms with Crippen LogP contribution in [0.25, 0.3) is 0 Å². The molecule has 18 heavy (non-hydrogen) atoms. The molecule has 1 saturated heterocycles. The van der Waals surface area contributed by atoms with Crippen LogP contribution in [0.2, 0.25) is 5.02 Å². The molecule has 0 aromatic heterocycles. The molecular weight excluding hydrogens is 277 g/mol. The van der Waals surface area contributed by atoms with E-state index in [1.54, 1.807) is 0 Å². The highest BCUT2D eigenvalue weighted by molar-refractivity contribution is 6.30.